The first-order chi connectivity index (χ1) is 13.2. The Kier molecular flexibility index (Phi) is 4.62. The van der Waals surface area contributed by atoms with Crippen LogP contribution in [0.15, 0.2) is 42.7 Å². The number of rotatable bonds is 6. The van der Waals surface area contributed by atoms with Gasteiger partial charge in [-0.05, 0) is 38.1 Å². The number of aromatic nitrogens is 3. The lowest BCUT2D eigenvalue weighted by Crippen LogP contribution is -2.08. The second-order valence-electron chi connectivity index (χ2n) is 6.77. The van der Waals surface area contributed by atoms with E-state index in [9.17, 15) is 4.79 Å². The van der Waals surface area contributed by atoms with E-state index in [1.54, 1.807) is 18.5 Å². The zero-order valence-corrected chi connectivity index (χ0v) is 15.4. The summed E-state index contributed by atoms with van der Waals surface area (Å²) in [5.74, 6) is 1.34. The molecule has 0 aliphatic carbocycles. The molecule has 4 rings (SSSR count). The van der Waals surface area contributed by atoms with Crippen LogP contribution in [0.3, 0.4) is 0 Å². The molecule has 0 saturated carbocycles. The number of benzene rings is 1. The van der Waals surface area contributed by atoms with E-state index in [0.29, 0.717) is 24.5 Å². The minimum atomic E-state index is 0.226. The van der Waals surface area contributed by atoms with E-state index in [1.807, 2.05) is 28.9 Å². The van der Waals surface area contributed by atoms with Gasteiger partial charge >= 0.3 is 0 Å². The molecule has 0 spiro atoms. The third-order valence-corrected chi connectivity index (χ3v) is 4.63. The van der Waals surface area contributed by atoms with Crippen LogP contribution in [0, 0.1) is 0 Å². The highest BCUT2D eigenvalue weighted by atomic mass is 16.5. The zero-order chi connectivity index (χ0) is 18.8. The molecular formula is C21H21N3O3. The lowest BCUT2D eigenvalue weighted by molar-refractivity contribution is 0.111. The maximum atomic E-state index is 11.5. The molecule has 3 heterocycles. The van der Waals surface area contributed by atoms with Crippen LogP contribution in [0.1, 0.15) is 41.4 Å². The number of nitrogens with zero attached hydrogens (tertiary/aromatic N) is 3. The van der Waals surface area contributed by atoms with Gasteiger partial charge in [-0.1, -0.05) is 6.07 Å². The number of hydrogen-bond donors (Lipinski definition) is 0. The standard InChI is InChI=1S/C21H21N3O3/c1-14(2)24-18(5-8-23-24)21-16(4-3-7-22-21)13-27-20-10-15-6-9-26-19(15)11-17(20)12-25/h3-5,7-8,10-12,14H,6,9,13H2,1-2H3. The minimum absolute atomic E-state index is 0.226. The Morgan fingerprint density at radius 3 is 3.00 bits per heavy atom. The molecule has 0 fully saturated rings. The van der Waals surface area contributed by atoms with Crippen LogP contribution in [0.4, 0.5) is 0 Å². The van der Waals surface area contributed by atoms with E-state index in [0.717, 1.165) is 41.0 Å². The maximum absolute atomic E-state index is 11.5. The number of hydrogen-bond acceptors (Lipinski definition) is 5. The van der Waals surface area contributed by atoms with Crippen LogP contribution in [-0.2, 0) is 13.0 Å². The van der Waals surface area contributed by atoms with E-state index in [1.165, 1.54) is 0 Å². The zero-order valence-electron chi connectivity index (χ0n) is 15.4. The topological polar surface area (TPSA) is 66.2 Å². The lowest BCUT2D eigenvalue weighted by atomic mass is 10.1. The van der Waals surface area contributed by atoms with Gasteiger partial charge in [0, 0.05) is 36.0 Å². The quantitative estimate of drug-likeness (QED) is 0.622. The molecule has 6 nitrogen and oxygen atoms in total. The van der Waals surface area contributed by atoms with Crippen molar-refractivity contribution in [3.63, 3.8) is 0 Å². The molecule has 0 amide bonds. The predicted octanol–water partition coefficient (Wildman–Crippen LogP) is 3.85. The Morgan fingerprint density at radius 2 is 2.19 bits per heavy atom. The van der Waals surface area contributed by atoms with Crippen molar-refractivity contribution < 1.29 is 14.3 Å². The first-order valence-electron chi connectivity index (χ1n) is 9.03. The molecule has 2 aromatic heterocycles. The molecule has 0 unspecified atom stereocenters. The molecule has 1 aliphatic heterocycles. The summed E-state index contributed by atoms with van der Waals surface area (Å²) in [5, 5.41) is 4.39. The Labute approximate surface area is 157 Å². The normalized spacial score (nSPS) is 12.7. The summed E-state index contributed by atoms with van der Waals surface area (Å²) in [6, 6.07) is 9.70. The molecule has 6 heteroatoms. The number of carbonyl (C=O) groups is 1. The fourth-order valence-corrected chi connectivity index (χ4v) is 3.29. The molecular weight excluding hydrogens is 342 g/mol. The van der Waals surface area contributed by atoms with E-state index >= 15 is 0 Å². The first kappa shape index (κ1) is 17.3. The van der Waals surface area contributed by atoms with Gasteiger partial charge in [0.1, 0.15) is 18.1 Å². The molecule has 0 saturated heterocycles. The van der Waals surface area contributed by atoms with Crippen molar-refractivity contribution in [2.75, 3.05) is 6.61 Å². The van der Waals surface area contributed by atoms with Crippen LogP contribution in [0.5, 0.6) is 11.5 Å². The van der Waals surface area contributed by atoms with Gasteiger partial charge in [0.15, 0.2) is 6.29 Å². The highest BCUT2D eigenvalue weighted by Gasteiger charge is 2.18. The molecule has 0 radical (unpaired) electrons. The van der Waals surface area contributed by atoms with Crippen molar-refractivity contribution in [1.82, 2.24) is 14.8 Å². The van der Waals surface area contributed by atoms with Crippen molar-refractivity contribution in [3.8, 4) is 22.9 Å². The fraction of sp³-hybridized carbons (Fsp3) is 0.286. The van der Waals surface area contributed by atoms with Crippen molar-refractivity contribution >= 4 is 6.29 Å². The SMILES string of the molecule is CC(C)n1nccc1-c1ncccc1COc1cc2c(cc1C=O)OCC2. The van der Waals surface area contributed by atoms with Crippen LogP contribution in [0.2, 0.25) is 0 Å². The van der Waals surface area contributed by atoms with Gasteiger partial charge in [0.2, 0.25) is 0 Å². The second kappa shape index (κ2) is 7.23. The summed E-state index contributed by atoms with van der Waals surface area (Å²) in [5.41, 5.74) is 4.28. The lowest BCUT2D eigenvalue weighted by Gasteiger charge is -2.15. The molecule has 3 aromatic rings. The van der Waals surface area contributed by atoms with Gasteiger partial charge < -0.3 is 9.47 Å². The number of carbonyl (C=O) groups excluding carboxylic acids is 1. The van der Waals surface area contributed by atoms with Crippen molar-refractivity contribution in [2.45, 2.75) is 32.9 Å². The third kappa shape index (κ3) is 3.30. The van der Waals surface area contributed by atoms with Gasteiger partial charge in [0.25, 0.3) is 0 Å². The van der Waals surface area contributed by atoms with Crippen LogP contribution >= 0.6 is 0 Å². The highest BCUT2D eigenvalue weighted by Crippen LogP contribution is 2.33. The van der Waals surface area contributed by atoms with E-state index in [4.69, 9.17) is 9.47 Å². The van der Waals surface area contributed by atoms with Crippen molar-refractivity contribution in [3.05, 3.63) is 59.4 Å². The molecule has 138 valence electrons. The average molecular weight is 363 g/mol. The van der Waals surface area contributed by atoms with Gasteiger partial charge in [-0.25, -0.2) is 0 Å². The van der Waals surface area contributed by atoms with Gasteiger partial charge in [0.05, 0.1) is 23.6 Å². The van der Waals surface area contributed by atoms with Crippen molar-refractivity contribution in [1.29, 1.82) is 0 Å². The van der Waals surface area contributed by atoms with Crippen LogP contribution in [-0.4, -0.2) is 27.7 Å². The summed E-state index contributed by atoms with van der Waals surface area (Å²) in [6.07, 6.45) is 5.17. The maximum Gasteiger partial charge on any atom is 0.153 e. The molecule has 27 heavy (non-hydrogen) atoms. The summed E-state index contributed by atoms with van der Waals surface area (Å²) >= 11 is 0. The Morgan fingerprint density at radius 1 is 1.30 bits per heavy atom. The number of fused-ring (bicyclic) bond motifs is 1. The van der Waals surface area contributed by atoms with E-state index in [-0.39, 0.29) is 6.04 Å². The smallest absolute Gasteiger partial charge is 0.153 e. The summed E-state index contributed by atoms with van der Waals surface area (Å²) in [7, 11) is 0. The molecule has 1 aromatic carbocycles. The molecule has 0 N–H and O–H groups in total. The number of pyridine rings is 1. The Bertz CT molecular complexity index is 979. The third-order valence-electron chi connectivity index (χ3n) is 4.63. The Balaban J connectivity index is 1.63. The summed E-state index contributed by atoms with van der Waals surface area (Å²) in [6.45, 7) is 5.12. The summed E-state index contributed by atoms with van der Waals surface area (Å²) in [4.78, 5) is 16.0. The van der Waals surface area contributed by atoms with E-state index in [2.05, 4.69) is 23.9 Å². The van der Waals surface area contributed by atoms with Gasteiger partial charge in [-0.3, -0.25) is 14.5 Å². The fourth-order valence-electron chi connectivity index (χ4n) is 3.29. The van der Waals surface area contributed by atoms with Crippen LogP contribution in [0.25, 0.3) is 11.4 Å². The van der Waals surface area contributed by atoms with Crippen LogP contribution < -0.4 is 9.47 Å². The average Bonchev–Trinajstić information content (AvgIpc) is 3.34. The van der Waals surface area contributed by atoms with Gasteiger partial charge in [-0.15, -0.1) is 0 Å². The molecule has 0 bridgehead atoms. The van der Waals surface area contributed by atoms with Crippen molar-refractivity contribution in [2.24, 2.45) is 0 Å². The largest absolute Gasteiger partial charge is 0.493 e. The molecule has 0 atom stereocenters. The highest BCUT2D eigenvalue weighted by molar-refractivity contribution is 5.81. The monoisotopic (exact) mass is 363 g/mol. The Hall–Kier alpha value is -3.15. The summed E-state index contributed by atoms with van der Waals surface area (Å²) < 4.78 is 13.5. The second-order valence-corrected chi connectivity index (χ2v) is 6.77. The minimum Gasteiger partial charge on any atom is -0.493 e. The predicted molar refractivity (Wildman–Crippen MR) is 101 cm³/mol. The van der Waals surface area contributed by atoms with E-state index < -0.39 is 0 Å². The molecule has 1 aliphatic rings. The number of aldehydes is 1. The first-order valence-corrected chi connectivity index (χ1v) is 9.03. The number of ether oxygens (including phenoxy) is 2. The van der Waals surface area contributed by atoms with Gasteiger partial charge in [-0.2, -0.15) is 5.10 Å².